The molecule has 1 unspecified atom stereocenters. The molecule has 0 amide bonds. The predicted octanol–water partition coefficient (Wildman–Crippen LogP) is 0.422. The van der Waals surface area contributed by atoms with Crippen molar-refractivity contribution in [3.63, 3.8) is 0 Å². The molecule has 1 fully saturated rings. The van der Waals surface area contributed by atoms with Gasteiger partial charge in [0.2, 0.25) is 0 Å². The largest absolute Gasteiger partial charge is 0.382 e. The summed E-state index contributed by atoms with van der Waals surface area (Å²) in [7, 11) is 2.15. The highest BCUT2D eigenvalue weighted by Gasteiger charge is 2.18. The Hall–Kier alpha value is -1.36. The predicted molar refractivity (Wildman–Crippen MR) is 60.5 cm³/mol. The van der Waals surface area contributed by atoms with E-state index in [9.17, 15) is 0 Å². The van der Waals surface area contributed by atoms with E-state index in [0.717, 1.165) is 18.9 Å². The maximum absolute atomic E-state index is 5.54. The van der Waals surface area contributed by atoms with Gasteiger partial charge in [0.15, 0.2) is 0 Å². The number of aromatic nitrogens is 2. The minimum absolute atomic E-state index is 0.462. The highest BCUT2D eigenvalue weighted by atomic mass is 15.1. The summed E-state index contributed by atoms with van der Waals surface area (Å²) in [6, 6.07) is 0. The fourth-order valence-electron chi connectivity index (χ4n) is 1.91. The van der Waals surface area contributed by atoms with Gasteiger partial charge in [-0.25, -0.2) is 4.98 Å². The summed E-state index contributed by atoms with van der Waals surface area (Å²) >= 11 is 0. The number of nitrogens with zero attached hydrogens (tertiary/aromatic N) is 3. The van der Waals surface area contributed by atoms with Crippen molar-refractivity contribution in [3.8, 4) is 0 Å². The molecule has 0 aliphatic carbocycles. The lowest BCUT2D eigenvalue weighted by atomic mass is 10.1. The second-order valence-electron chi connectivity index (χ2n) is 4.13. The van der Waals surface area contributed by atoms with E-state index in [-0.39, 0.29) is 0 Å². The maximum atomic E-state index is 5.54. The van der Waals surface area contributed by atoms with Crippen molar-refractivity contribution in [3.05, 3.63) is 12.4 Å². The zero-order valence-corrected chi connectivity index (χ0v) is 8.98. The zero-order valence-electron chi connectivity index (χ0n) is 8.98. The van der Waals surface area contributed by atoms with Crippen molar-refractivity contribution in [1.82, 2.24) is 14.9 Å². The number of nitrogens with one attached hydrogen (secondary N) is 1. The van der Waals surface area contributed by atoms with Crippen LogP contribution in [-0.2, 0) is 0 Å². The van der Waals surface area contributed by atoms with E-state index in [1.54, 1.807) is 12.4 Å². The molecule has 82 valence electrons. The van der Waals surface area contributed by atoms with Gasteiger partial charge >= 0.3 is 0 Å². The second kappa shape index (κ2) is 4.44. The topological polar surface area (TPSA) is 67.1 Å². The smallest absolute Gasteiger partial charge is 0.146 e. The molecule has 1 saturated heterocycles. The van der Waals surface area contributed by atoms with E-state index < -0.39 is 0 Å². The molecule has 2 heterocycles. The molecule has 1 atom stereocenters. The molecule has 0 radical (unpaired) electrons. The fraction of sp³-hybridized carbons (Fsp3) is 0.600. The lowest BCUT2D eigenvalue weighted by molar-refractivity contribution is 0.399. The Morgan fingerprint density at radius 3 is 3.13 bits per heavy atom. The molecule has 0 aromatic carbocycles. The Morgan fingerprint density at radius 2 is 2.47 bits per heavy atom. The summed E-state index contributed by atoms with van der Waals surface area (Å²) in [6.07, 6.45) is 4.50. The van der Waals surface area contributed by atoms with Gasteiger partial charge in [-0.3, -0.25) is 4.98 Å². The van der Waals surface area contributed by atoms with Gasteiger partial charge in [-0.2, -0.15) is 0 Å². The van der Waals surface area contributed by atoms with E-state index in [1.165, 1.54) is 13.0 Å². The number of rotatable bonds is 3. The first kappa shape index (κ1) is 10.2. The van der Waals surface area contributed by atoms with Crippen LogP contribution in [0.1, 0.15) is 6.42 Å². The molecule has 1 aliphatic rings. The van der Waals surface area contributed by atoms with Gasteiger partial charge in [-0.15, -0.1) is 0 Å². The first-order chi connectivity index (χ1) is 7.24. The molecule has 0 bridgehead atoms. The van der Waals surface area contributed by atoms with E-state index in [4.69, 9.17) is 5.73 Å². The van der Waals surface area contributed by atoms with Crippen LogP contribution in [-0.4, -0.2) is 41.5 Å². The van der Waals surface area contributed by atoms with E-state index in [0.29, 0.717) is 11.7 Å². The van der Waals surface area contributed by atoms with Gasteiger partial charge in [0.05, 0.1) is 12.4 Å². The van der Waals surface area contributed by atoms with Crippen LogP contribution in [0.4, 0.5) is 11.6 Å². The summed E-state index contributed by atoms with van der Waals surface area (Å²) in [5.74, 6) is 1.94. The monoisotopic (exact) mass is 207 g/mol. The van der Waals surface area contributed by atoms with E-state index in [2.05, 4.69) is 27.2 Å². The number of hydrogen-bond donors (Lipinski definition) is 2. The second-order valence-corrected chi connectivity index (χ2v) is 4.13. The minimum atomic E-state index is 0.462. The number of anilines is 2. The van der Waals surface area contributed by atoms with Crippen LogP contribution in [0.15, 0.2) is 12.4 Å². The van der Waals surface area contributed by atoms with Gasteiger partial charge in [-0.1, -0.05) is 0 Å². The fourth-order valence-corrected chi connectivity index (χ4v) is 1.91. The number of nitrogens with two attached hydrogens (primary N) is 1. The van der Waals surface area contributed by atoms with Crippen LogP contribution in [0, 0.1) is 5.92 Å². The Bertz CT molecular complexity index is 327. The van der Waals surface area contributed by atoms with Crippen LogP contribution in [0.5, 0.6) is 0 Å². The van der Waals surface area contributed by atoms with Gasteiger partial charge < -0.3 is 16.0 Å². The van der Waals surface area contributed by atoms with Crippen molar-refractivity contribution in [1.29, 1.82) is 0 Å². The molecule has 5 heteroatoms. The molecule has 1 aliphatic heterocycles. The molecule has 0 spiro atoms. The van der Waals surface area contributed by atoms with Crippen LogP contribution in [0.25, 0.3) is 0 Å². The van der Waals surface area contributed by atoms with Crippen molar-refractivity contribution in [2.45, 2.75) is 6.42 Å². The highest BCUT2D eigenvalue weighted by Crippen LogP contribution is 2.14. The van der Waals surface area contributed by atoms with Crippen LogP contribution in [0.2, 0.25) is 0 Å². The van der Waals surface area contributed by atoms with E-state index in [1.807, 2.05) is 0 Å². The van der Waals surface area contributed by atoms with Gasteiger partial charge in [0.25, 0.3) is 0 Å². The molecule has 0 saturated carbocycles. The number of likely N-dealkylation sites (tertiary alicyclic amines) is 1. The highest BCUT2D eigenvalue weighted by molar-refractivity contribution is 5.38. The lowest BCUT2D eigenvalue weighted by Crippen LogP contribution is -2.19. The first-order valence-corrected chi connectivity index (χ1v) is 5.24. The third-order valence-electron chi connectivity index (χ3n) is 2.71. The lowest BCUT2D eigenvalue weighted by Gasteiger charge is -2.11. The standard InChI is InChI=1S/C10H17N5/c1-15-3-2-8(7-15)4-13-10-6-12-5-9(11)14-10/h5-6,8H,2-4,7H2,1H3,(H3,11,13,14). The van der Waals surface area contributed by atoms with Crippen LogP contribution < -0.4 is 11.1 Å². The van der Waals surface area contributed by atoms with Gasteiger partial charge in [0.1, 0.15) is 11.6 Å². The summed E-state index contributed by atoms with van der Waals surface area (Å²) in [6.45, 7) is 3.29. The first-order valence-electron chi connectivity index (χ1n) is 5.24. The molecular formula is C10H17N5. The quantitative estimate of drug-likeness (QED) is 0.752. The average molecular weight is 207 g/mol. The Labute approximate surface area is 89.7 Å². The zero-order chi connectivity index (χ0) is 10.7. The van der Waals surface area contributed by atoms with Crippen molar-refractivity contribution >= 4 is 11.6 Å². The van der Waals surface area contributed by atoms with Gasteiger partial charge in [-0.05, 0) is 25.9 Å². The van der Waals surface area contributed by atoms with Crippen LogP contribution >= 0.6 is 0 Å². The molecule has 15 heavy (non-hydrogen) atoms. The van der Waals surface area contributed by atoms with Crippen molar-refractivity contribution in [2.24, 2.45) is 5.92 Å². The Balaban J connectivity index is 1.83. The SMILES string of the molecule is CN1CCC(CNc2cncc(N)n2)C1. The minimum Gasteiger partial charge on any atom is -0.382 e. The van der Waals surface area contributed by atoms with Crippen molar-refractivity contribution < 1.29 is 0 Å². The average Bonchev–Trinajstić information content (AvgIpc) is 2.62. The maximum Gasteiger partial charge on any atom is 0.146 e. The molecule has 5 nitrogen and oxygen atoms in total. The van der Waals surface area contributed by atoms with Crippen LogP contribution in [0.3, 0.4) is 0 Å². The molecule has 2 rings (SSSR count). The van der Waals surface area contributed by atoms with Crippen molar-refractivity contribution in [2.75, 3.05) is 37.7 Å². The number of nitrogen functional groups attached to an aromatic ring is 1. The molecular weight excluding hydrogens is 190 g/mol. The third-order valence-corrected chi connectivity index (χ3v) is 2.71. The molecule has 1 aromatic heterocycles. The summed E-state index contributed by atoms with van der Waals surface area (Å²) in [5.41, 5.74) is 5.54. The Morgan fingerprint density at radius 1 is 1.60 bits per heavy atom. The molecule has 3 N–H and O–H groups in total. The van der Waals surface area contributed by atoms with E-state index >= 15 is 0 Å². The summed E-state index contributed by atoms with van der Waals surface area (Å²) in [4.78, 5) is 10.5. The third kappa shape index (κ3) is 2.79. The normalized spacial score (nSPS) is 21.8. The molecule has 1 aromatic rings. The summed E-state index contributed by atoms with van der Waals surface area (Å²) in [5, 5.41) is 3.27. The number of hydrogen-bond acceptors (Lipinski definition) is 5. The summed E-state index contributed by atoms with van der Waals surface area (Å²) < 4.78 is 0. The Kier molecular flexibility index (Phi) is 3.01. The van der Waals surface area contributed by atoms with Gasteiger partial charge in [0, 0.05) is 13.1 Å².